The van der Waals surface area contributed by atoms with Gasteiger partial charge >= 0.3 is 6.18 Å². The minimum atomic E-state index is -4.63. The van der Waals surface area contributed by atoms with Gasteiger partial charge in [-0.25, -0.2) is 9.97 Å². The summed E-state index contributed by atoms with van der Waals surface area (Å²) < 4.78 is 50.0. The lowest BCUT2D eigenvalue weighted by Gasteiger charge is -2.19. The monoisotopic (exact) mass is 377 g/mol. The third-order valence-electron chi connectivity index (χ3n) is 4.12. The average Bonchev–Trinajstić information content (AvgIpc) is 2.66. The number of benzene rings is 2. The lowest BCUT2D eigenvalue weighted by molar-refractivity contribution is -0.144. The highest BCUT2D eigenvalue weighted by Gasteiger charge is 2.35. The molecule has 1 heterocycles. The first-order valence-corrected chi connectivity index (χ1v) is 8.16. The first-order chi connectivity index (χ1) is 12.8. The third-order valence-corrected chi connectivity index (χ3v) is 4.12. The molecule has 3 aromatic rings. The second-order valence-corrected chi connectivity index (χ2v) is 5.89. The van der Waals surface area contributed by atoms with E-state index in [0.29, 0.717) is 16.9 Å². The molecule has 1 N–H and O–H groups in total. The van der Waals surface area contributed by atoms with Crippen LogP contribution in [0.5, 0.6) is 11.5 Å². The topological polar surface area (TPSA) is 56.3 Å². The summed E-state index contributed by atoms with van der Waals surface area (Å²) in [4.78, 5) is 7.34. The number of ether oxygens (including phenoxy) is 2. The molecular formula is C19H18F3N3O2. The number of aromatic nitrogens is 2. The third kappa shape index (κ3) is 3.89. The normalized spacial score (nSPS) is 12.7. The highest BCUT2D eigenvalue weighted by molar-refractivity contribution is 5.89. The average molecular weight is 377 g/mol. The molecule has 0 saturated heterocycles. The van der Waals surface area contributed by atoms with Crippen LogP contribution in [-0.2, 0) is 6.18 Å². The molecule has 142 valence electrons. The van der Waals surface area contributed by atoms with Crippen LogP contribution in [0, 0.1) is 0 Å². The number of nitrogens with zero attached hydrogens (tertiary/aromatic N) is 2. The standard InChI is InChI=1S/C19H18F3N3O2/c1-11(12-8-9-15(26-2)16(10-12)27-3)23-17-13-6-4-5-7-14(13)24-18(25-17)19(20,21)22/h4-11H,1-3H3,(H,23,24,25). The summed E-state index contributed by atoms with van der Waals surface area (Å²) in [5, 5.41) is 3.57. The highest BCUT2D eigenvalue weighted by Crippen LogP contribution is 2.33. The Kier molecular flexibility index (Phi) is 5.07. The van der Waals surface area contributed by atoms with E-state index in [1.54, 1.807) is 30.3 Å². The quantitative estimate of drug-likeness (QED) is 0.690. The maximum atomic E-state index is 13.2. The van der Waals surface area contributed by atoms with Gasteiger partial charge in [0.25, 0.3) is 0 Å². The number of methoxy groups -OCH3 is 2. The van der Waals surface area contributed by atoms with Crippen LogP contribution in [0.1, 0.15) is 24.4 Å². The van der Waals surface area contributed by atoms with Crippen molar-refractivity contribution in [3.63, 3.8) is 0 Å². The van der Waals surface area contributed by atoms with Gasteiger partial charge in [-0.15, -0.1) is 0 Å². The van der Waals surface area contributed by atoms with Crippen LogP contribution < -0.4 is 14.8 Å². The Bertz CT molecular complexity index is 961. The number of nitrogens with one attached hydrogen (secondary N) is 1. The molecule has 0 radical (unpaired) electrons. The fraction of sp³-hybridized carbons (Fsp3) is 0.263. The maximum absolute atomic E-state index is 13.2. The Labute approximate surface area is 154 Å². The number of para-hydroxylation sites is 1. The molecule has 1 atom stereocenters. The van der Waals surface area contributed by atoms with E-state index in [2.05, 4.69) is 15.3 Å². The smallest absolute Gasteiger partial charge is 0.451 e. The van der Waals surface area contributed by atoms with E-state index in [9.17, 15) is 13.2 Å². The highest BCUT2D eigenvalue weighted by atomic mass is 19.4. The van der Waals surface area contributed by atoms with Crippen LogP contribution in [0.3, 0.4) is 0 Å². The number of hydrogen-bond donors (Lipinski definition) is 1. The fourth-order valence-electron chi connectivity index (χ4n) is 2.72. The van der Waals surface area contributed by atoms with E-state index in [1.807, 2.05) is 13.0 Å². The Morgan fingerprint density at radius 1 is 0.963 bits per heavy atom. The zero-order chi connectivity index (χ0) is 19.6. The molecule has 0 saturated carbocycles. The summed E-state index contributed by atoms with van der Waals surface area (Å²) in [6.45, 7) is 1.82. The van der Waals surface area contributed by atoms with Crippen molar-refractivity contribution in [1.29, 1.82) is 0 Å². The minimum absolute atomic E-state index is 0.121. The van der Waals surface area contributed by atoms with Gasteiger partial charge in [-0.3, -0.25) is 0 Å². The predicted octanol–water partition coefficient (Wildman–Crippen LogP) is 4.84. The number of halogens is 3. The number of hydrogen-bond acceptors (Lipinski definition) is 5. The Hall–Kier alpha value is -3.03. The number of anilines is 1. The van der Waals surface area contributed by atoms with Gasteiger partial charge in [-0.2, -0.15) is 13.2 Å². The second kappa shape index (κ2) is 7.30. The number of fused-ring (bicyclic) bond motifs is 1. The van der Waals surface area contributed by atoms with Gasteiger partial charge in [0.1, 0.15) is 5.82 Å². The largest absolute Gasteiger partial charge is 0.493 e. The lowest BCUT2D eigenvalue weighted by Crippen LogP contribution is -2.15. The van der Waals surface area contributed by atoms with Crippen LogP contribution in [0.15, 0.2) is 42.5 Å². The lowest BCUT2D eigenvalue weighted by atomic mass is 10.1. The Morgan fingerprint density at radius 3 is 2.33 bits per heavy atom. The van der Waals surface area contributed by atoms with Crippen molar-refractivity contribution >= 4 is 16.7 Å². The van der Waals surface area contributed by atoms with Crippen LogP contribution in [0.4, 0.5) is 19.0 Å². The molecule has 8 heteroatoms. The van der Waals surface area contributed by atoms with Gasteiger partial charge in [0.15, 0.2) is 11.5 Å². The molecule has 0 aliphatic carbocycles. The first-order valence-electron chi connectivity index (χ1n) is 8.16. The molecule has 0 aliphatic heterocycles. The van der Waals surface area contributed by atoms with E-state index in [-0.39, 0.29) is 17.4 Å². The van der Waals surface area contributed by atoms with Gasteiger partial charge < -0.3 is 14.8 Å². The molecule has 1 unspecified atom stereocenters. The van der Waals surface area contributed by atoms with Crippen molar-refractivity contribution in [2.75, 3.05) is 19.5 Å². The number of rotatable bonds is 5. The molecule has 0 aliphatic rings. The molecule has 27 heavy (non-hydrogen) atoms. The van der Waals surface area contributed by atoms with Crippen LogP contribution in [0.25, 0.3) is 10.9 Å². The Balaban J connectivity index is 2.00. The van der Waals surface area contributed by atoms with Crippen molar-refractivity contribution in [2.45, 2.75) is 19.1 Å². The minimum Gasteiger partial charge on any atom is -0.493 e. The SMILES string of the molecule is COc1ccc(C(C)Nc2nc(C(F)(F)F)nc3ccccc23)cc1OC. The molecule has 1 aromatic heterocycles. The summed E-state index contributed by atoms with van der Waals surface area (Å²) in [7, 11) is 3.05. The molecule has 2 aromatic carbocycles. The van der Waals surface area contributed by atoms with E-state index < -0.39 is 12.0 Å². The van der Waals surface area contributed by atoms with Gasteiger partial charge in [-0.05, 0) is 36.8 Å². The summed E-state index contributed by atoms with van der Waals surface area (Å²) in [5.41, 5.74) is 1.03. The maximum Gasteiger partial charge on any atom is 0.451 e. The van der Waals surface area contributed by atoms with Crippen molar-refractivity contribution in [3.8, 4) is 11.5 Å². The fourth-order valence-corrected chi connectivity index (χ4v) is 2.72. The predicted molar refractivity (Wildman–Crippen MR) is 96.1 cm³/mol. The Morgan fingerprint density at radius 2 is 1.67 bits per heavy atom. The van der Waals surface area contributed by atoms with Crippen molar-refractivity contribution < 1.29 is 22.6 Å². The molecular weight excluding hydrogens is 359 g/mol. The molecule has 0 bridgehead atoms. The molecule has 0 spiro atoms. The summed E-state index contributed by atoms with van der Waals surface area (Å²) in [6, 6.07) is 11.6. The van der Waals surface area contributed by atoms with Gasteiger partial charge in [-0.1, -0.05) is 18.2 Å². The van der Waals surface area contributed by atoms with Gasteiger partial charge in [0.2, 0.25) is 5.82 Å². The summed E-state index contributed by atoms with van der Waals surface area (Å²) in [5.74, 6) is 0.0471. The molecule has 0 fully saturated rings. The van der Waals surface area contributed by atoms with E-state index in [1.165, 1.54) is 20.3 Å². The zero-order valence-corrected chi connectivity index (χ0v) is 15.0. The van der Waals surface area contributed by atoms with Crippen LogP contribution in [0.2, 0.25) is 0 Å². The van der Waals surface area contributed by atoms with Crippen molar-refractivity contribution in [2.24, 2.45) is 0 Å². The van der Waals surface area contributed by atoms with Gasteiger partial charge in [0, 0.05) is 5.39 Å². The van der Waals surface area contributed by atoms with Crippen molar-refractivity contribution in [3.05, 3.63) is 53.9 Å². The van der Waals surface area contributed by atoms with Gasteiger partial charge in [0.05, 0.1) is 25.8 Å². The van der Waals surface area contributed by atoms with E-state index >= 15 is 0 Å². The molecule has 0 amide bonds. The second-order valence-electron chi connectivity index (χ2n) is 5.89. The molecule has 5 nitrogen and oxygen atoms in total. The van der Waals surface area contributed by atoms with E-state index in [0.717, 1.165) is 5.56 Å². The summed E-state index contributed by atoms with van der Waals surface area (Å²) >= 11 is 0. The zero-order valence-electron chi connectivity index (χ0n) is 15.0. The van der Waals surface area contributed by atoms with Crippen molar-refractivity contribution in [1.82, 2.24) is 9.97 Å². The molecule has 3 rings (SSSR count). The summed E-state index contributed by atoms with van der Waals surface area (Å²) in [6.07, 6.45) is -4.63. The first kappa shape index (κ1) is 18.8. The van der Waals surface area contributed by atoms with Crippen LogP contribution >= 0.6 is 0 Å². The van der Waals surface area contributed by atoms with E-state index in [4.69, 9.17) is 9.47 Å². The number of alkyl halides is 3. The van der Waals surface area contributed by atoms with Crippen LogP contribution in [-0.4, -0.2) is 24.2 Å².